The first-order valence-electron chi connectivity index (χ1n) is 7.17. The monoisotopic (exact) mass is 226 g/mol. The summed E-state index contributed by atoms with van der Waals surface area (Å²) < 4.78 is 0. The molecule has 0 aromatic carbocycles. The fraction of sp³-hybridized carbons (Fsp3) is 0.867. The molecule has 0 aliphatic rings. The maximum atomic E-state index is 8.59. The smallest absolute Gasteiger partial charge is 0.0433 e. The Balaban J connectivity index is 2.95. The Kier molecular flexibility index (Phi) is 14.4. The van der Waals surface area contributed by atoms with Crippen LogP contribution in [0.4, 0.5) is 0 Å². The van der Waals surface area contributed by atoms with E-state index in [9.17, 15) is 0 Å². The van der Waals surface area contributed by atoms with E-state index in [0.717, 1.165) is 12.8 Å². The van der Waals surface area contributed by atoms with Gasteiger partial charge in [-0.2, -0.15) is 0 Å². The van der Waals surface area contributed by atoms with Crippen LogP contribution < -0.4 is 0 Å². The van der Waals surface area contributed by atoms with Crippen LogP contribution in [0.15, 0.2) is 12.2 Å². The van der Waals surface area contributed by atoms with Crippen LogP contribution in [0, 0.1) is 0 Å². The summed E-state index contributed by atoms with van der Waals surface area (Å²) in [6.07, 6.45) is 18.8. The highest BCUT2D eigenvalue weighted by Gasteiger charge is 1.90. The van der Waals surface area contributed by atoms with E-state index in [2.05, 4.69) is 19.1 Å². The molecule has 0 aliphatic carbocycles. The predicted octanol–water partition coefficient (Wildman–Crippen LogP) is 4.85. The molecule has 0 saturated carbocycles. The van der Waals surface area contributed by atoms with Crippen molar-refractivity contribution in [2.75, 3.05) is 6.61 Å². The summed E-state index contributed by atoms with van der Waals surface area (Å²) in [4.78, 5) is 0. The van der Waals surface area contributed by atoms with Crippen LogP contribution in [0.1, 0.15) is 77.6 Å². The van der Waals surface area contributed by atoms with Gasteiger partial charge in [0.2, 0.25) is 0 Å². The van der Waals surface area contributed by atoms with E-state index in [1.54, 1.807) is 0 Å². The van der Waals surface area contributed by atoms with E-state index >= 15 is 0 Å². The molecule has 1 nitrogen and oxygen atoms in total. The fourth-order valence-electron chi connectivity index (χ4n) is 1.84. The van der Waals surface area contributed by atoms with Crippen molar-refractivity contribution in [1.29, 1.82) is 0 Å². The summed E-state index contributed by atoms with van der Waals surface area (Å²) in [5.41, 5.74) is 0. The van der Waals surface area contributed by atoms with E-state index < -0.39 is 0 Å². The normalized spacial score (nSPS) is 11.4. The number of aliphatic hydroxyl groups is 1. The van der Waals surface area contributed by atoms with Crippen LogP contribution in [-0.2, 0) is 0 Å². The van der Waals surface area contributed by atoms with Gasteiger partial charge in [0, 0.05) is 6.61 Å². The van der Waals surface area contributed by atoms with Gasteiger partial charge in [-0.3, -0.25) is 0 Å². The lowest BCUT2D eigenvalue weighted by Crippen LogP contribution is -1.80. The minimum atomic E-state index is 0.322. The number of hydrogen-bond donors (Lipinski definition) is 1. The van der Waals surface area contributed by atoms with Crippen molar-refractivity contribution in [3.63, 3.8) is 0 Å². The first-order valence-corrected chi connectivity index (χ1v) is 7.17. The Morgan fingerprint density at radius 2 is 1.19 bits per heavy atom. The van der Waals surface area contributed by atoms with Crippen LogP contribution >= 0.6 is 0 Å². The molecule has 0 spiro atoms. The molecular weight excluding hydrogens is 196 g/mol. The predicted molar refractivity (Wildman–Crippen MR) is 72.7 cm³/mol. The number of aliphatic hydroxyl groups excluding tert-OH is 1. The lowest BCUT2D eigenvalue weighted by Gasteiger charge is -1.99. The van der Waals surface area contributed by atoms with Crippen LogP contribution in [0.25, 0.3) is 0 Å². The lowest BCUT2D eigenvalue weighted by molar-refractivity contribution is 0.289. The Morgan fingerprint density at radius 3 is 1.75 bits per heavy atom. The zero-order valence-electron chi connectivity index (χ0n) is 11.1. The largest absolute Gasteiger partial charge is 0.396 e. The molecule has 0 amide bonds. The average molecular weight is 226 g/mol. The molecule has 0 radical (unpaired) electrons. The fourth-order valence-corrected chi connectivity index (χ4v) is 1.84. The summed E-state index contributed by atoms with van der Waals surface area (Å²) >= 11 is 0. The Labute approximate surface area is 102 Å². The van der Waals surface area contributed by atoms with Gasteiger partial charge >= 0.3 is 0 Å². The molecule has 96 valence electrons. The SMILES string of the molecule is CCCCCCCCCCC=CCCCO. The van der Waals surface area contributed by atoms with Gasteiger partial charge in [-0.15, -0.1) is 0 Å². The van der Waals surface area contributed by atoms with Crippen molar-refractivity contribution >= 4 is 0 Å². The van der Waals surface area contributed by atoms with Gasteiger partial charge in [-0.1, -0.05) is 64.0 Å². The second kappa shape index (κ2) is 14.7. The maximum absolute atomic E-state index is 8.59. The summed E-state index contributed by atoms with van der Waals surface area (Å²) in [6.45, 7) is 2.59. The van der Waals surface area contributed by atoms with Crippen molar-refractivity contribution in [2.24, 2.45) is 0 Å². The van der Waals surface area contributed by atoms with Gasteiger partial charge in [0.25, 0.3) is 0 Å². The molecule has 1 N–H and O–H groups in total. The molecular formula is C15H30O. The van der Waals surface area contributed by atoms with Gasteiger partial charge < -0.3 is 5.11 Å². The van der Waals surface area contributed by atoms with Crippen molar-refractivity contribution in [3.05, 3.63) is 12.2 Å². The van der Waals surface area contributed by atoms with E-state index in [4.69, 9.17) is 5.11 Å². The Morgan fingerprint density at radius 1 is 0.688 bits per heavy atom. The topological polar surface area (TPSA) is 20.2 Å². The molecule has 1 heteroatoms. The molecule has 0 aromatic heterocycles. The van der Waals surface area contributed by atoms with Crippen LogP contribution in [-0.4, -0.2) is 11.7 Å². The van der Waals surface area contributed by atoms with Crippen LogP contribution in [0.3, 0.4) is 0 Å². The highest BCUT2D eigenvalue weighted by molar-refractivity contribution is 4.81. The Hall–Kier alpha value is -0.300. The zero-order valence-corrected chi connectivity index (χ0v) is 11.1. The van der Waals surface area contributed by atoms with Crippen LogP contribution in [0.2, 0.25) is 0 Å². The molecule has 0 saturated heterocycles. The molecule has 0 unspecified atom stereocenters. The molecule has 16 heavy (non-hydrogen) atoms. The minimum Gasteiger partial charge on any atom is -0.396 e. The zero-order chi connectivity index (χ0) is 11.9. The molecule has 0 bridgehead atoms. The van der Waals surface area contributed by atoms with Crippen molar-refractivity contribution < 1.29 is 5.11 Å². The quantitative estimate of drug-likeness (QED) is 0.373. The van der Waals surface area contributed by atoms with E-state index in [-0.39, 0.29) is 0 Å². The summed E-state index contributed by atoms with van der Waals surface area (Å²) in [7, 11) is 0. The van der Waals surface area contributed by atoms with Crippen molar-refractivity contribution in [1.82, 2.24) is 0 Å². The average Bonchev–Trinajstić information content (AvgIpc) is 2.31. The van der Waals surface area contributed by atoms with Gasteiger partial charge in [-0.05, 0) is 25.7 Å². The van der Waals surface area contributed by atoms with E-state index in [1.807, 2.05) is 0 Å². The lowest BCUT2D eigenvalue weighted by atomic mass is 10.1. The van der Waals surface area contributed by atoms with Gasteiger partial charge in [0.1, 0.15) is 0 Å². The van der Waals surface area contributed by atoms with Gasteiger partial charge in [-0.25, -0.2) is 0 Å². The maximum Gasteiger partial charge on any atom is 0.0433 e. The molecule has 0 rings (SSSR count). The second-order valence-electron chi connectivity index (χ2n) is 4.60. The minimum absolute atomic E-state index is 0.322. The summed E-state index contributed by atoms with van der Waals surface area (Å²) in [5, 5.41) is 8.59. The molecule has 0 heterocycles. The van der Waals surface area contributed by atoms with Gasteiger partial charge in [0.05, 0.1) is 0 Å². The third-order valence-corrected chi connectivity index (χ3v) is 2.92. The number of allylic oxidation sites excluding steroid dienone is 2. The molecule has 0 atom stereocenters. The van der Waals surface area contributed by atoms with Crippen molar-refractivity contribution in [3.8, 4) is 0 Å². The van der Waals surface area contributed by atoms with Gasteiger partial charge in [0.15, 0.2) is 0 Å². The number of rotatable bonds is 12. The molecule has 0 aromatic rings. The number of unbranched alkanes of at least 4 members (excludes halogenated alkanes) is 9. The highest BCUT2D eigenvalue weighted by atomic mass is 16.2. The number of hydrogen-bond acceptors (Lipinski definition) is 1. The standard InChI is InChI=1S/C15H30O/c1-2-3-4-5-6-7-8-9-10-11-12-13-14-15-16/h11-12,16H,2-10,13-15H2,1H3. The third-order valence-electron chi connectivity index (χ3n) is 2.92. The molecule has 0 aliphatic heterocycles. The Bertz CT molecular complexity index is 140. The van der Waals surface area contributed by atoms with Crippen LogP contribution in [0.5, 0.6) is 0 Å². The third kappa shape index (κ3) is 13.7. The summed E-state index contributed by atoms with van der Waals surface area (Å²) in [5.74, 6) is 0. The summed E-state index contributed by atoms with van der Waals surface area (Å²) in [6, 6.07) is 0. The van der Waals surface area contributed by atoms with E-state index in [0.29, 0.717) is 6.61 Å². The highest BCUT2D eigenvalue weighted by Crippen LogP contribution is 2.09. The first-order chi connectivity index (χ1) is 7.91. The first kappa shape index (κ1) is 15.7. The second-order valence-corrected chi connectivity index (χ2v) is 4.60. The van der Waals surface area contributed by atoms with E-state index in [1.165, 1.54) is 57.8 Å². The van der Waals surface area contributed by atoms with Crippen molar-refractivity contribution in [2.45, 2.75) is 77.6 Å². The molecule has 0 fully saturated rings.